The normalized spacial score (nSPS) is 17.8. The number of rotatable bonds is 7. The molecule has 0 N–H and O–H groups in total. The van der Waals surface area contributed by atoms with Crippen LogP contribution in [0.2, 0.25) is 0 Å². The Morgan fingerprint density at radius 3 is 1.60 bits per heavy atom. The van der Waals surface area contributed by atoms with Gasteiger partial charge in [-0.2, -0.15) is 0 Å². The molecule has 0 bridgehead atoms. The molecule has 3 rings (SSSR count). The van der Waals surface area contributed by atoms with Gasteiger partial charge in [-0.3, -0.25) is 29.0 Å². The first kappa shape index (κ1) is 47.2. The molecule has 2 fully saturated rings. The maximum Gasteiger partial charge on any atom is 0.232 e. The monoisotopic (exact) mass is 726 g/mol. The second-order valence-electron chi connectivity index (χ2n) is 20.6. The van der Waals surface area contributed by atoms with Crippen molar-refractivity contribution in [1.82, 2.24) is 14.7 Å². The molecule has 2 saturated heterocycles. The Labute approximate surface area is 318 Å². The van der Waals surface area contributed by atoms with Crippen LogP contribution >= 0.6 is 0 Å². The van der Waals surface area contributed by atoms with Gasteiger partial charge in [0.25, 0.3) is 0 Å². The lowest BCUT2D eigenvalue weighted by Crippen LogP contribution is -2.63. The molecule has 2 aliphatic rings. The highest BCUT2D eigenvalue weighted by atomic mass is 16.5. The first-order valence-electron chi connectivity index (χ1n) is 19.1. The molecule has 296 valence electrons. The summed E-state index contributed by atoms with van der Waals surface area (Å²) in [7, 11) is 0. The van der Waals surface area contributed by atoms with Crippen molar-refractivity contribution >= 4 is 29.3 Å². The number of hydrogen-bond acceptors (Lipinski definition) is 7. The minimum absolute atomic E-state index is 0.0108. The second-order valence-corrected chi connectivity index (χ2v) is 20.6. The van der Waals surface area contributed by atoms with Crippen LogP contribution in [0.4, 0.5) is 0 Å². The number of allylic oxidation sites excluding steroid dienone is 1. The third-order valence-electron chi connectivity index (χ3n) is 9.15. The number of Topliss-reactive ketones (excluding diaryl/α,β-unsaturated/α-hetero) is 3. The number of hydrogen-bond donors (Lipinski definition) is 0. The van der Waals surface area contributed by atoms with Crippen LogP contribution in [0.15, 0.2) is 30.3 Å². The van der Waals surface area contributed by atoms with Crippen LogP contribution in [-0.2, 0) is 19.2 Å². The fourth-order valence-electron chi connectivity index (χ4n) is 5.20. The number of ketones is 3. The quantitative estimate of drug-likeness (QED) is 0.259. The highest BCUT2D eigenvalue weighted by molar-refractivity contribution is 6.00. The summed E-state index contributed by atoms with van der Waals surface area (Å²) in [6.45, 7) is 39.2. The zero-order valence-corrected chi connectivity index (χ0v) is 36.4. The Morgan fingerprint density at radius 1 is 0.692 bits per heavy atom. The topological polar surface area (TPSA) is 87.2 Å². The predicted molar refractivity (Wildman–Crippen MR) is 216 cm³/mol. The highest BCUT2D eigenvalue weighted by Gasteiger charge is 2.41. The van der Waals surface area contributed by atoms with E-state index in [1.54, 1.807) is 4.90 Å². The molecule has 1 unspecified atom stereocenters. The summed E-state index contributed by atoms with van der Waals surface area (Å²) in [5.74, 6) is 1.20. The second kappa shape index (κ2) is 18.0. The molecular formula is C44H75N3O5. The summed E-state index contributed by atoms with van der Waals surface area (Å²) in [4.78, 5) is 53.9. The van der Waals surface area contributed by atoms with Crippen molar-refractivity contribution in [2.45, 2.75) is 161 Å². The van der Waals surface area contributed by atoms with Gasteiger partial charge in [-0.1, -0.05) is 107 Å². The van der Waals surface area contributed by atoms with Gasteiger partial charge in [0.05, 0.1) is 25.8 Å². The van der Waals surface area contributed by atoms with Gasteiger partial charge in [0.2, 0.25) is 5.91 Å². The molecule has 0 radical (unpaired) electrons. The van der Waals surface area contributed by atoms with Crippen molar-refractivity contribution in [3.63, 3.8) is 0 Å². The summed E-state index contributed by atoms with van der Waals surface area (Å²) in [6.07, 6.45) is 6.49. The molecule has 1 aromatic rings. The highest BCUT2D eigenvalue weighted by Crippen LogP contribution is 2.32. The van der Waals surface area contributed by atoms with Crippen molar-refractivity contribution in [3.8, 4) is 5.75 Å². The fraction of sp³-hybridized carbons (Fsp3) is 0.727. The van der Waals surface area contributed by atoms with Crippen LogP contribution in [0.3, 0.4) is 0 Å². The molecule has 2 heterocycles. The van der Waals surface area contributed by atoms with E-state index in [4.69, 9.17) is 4.74 Å². The summed E-state index contributed by atoms with van der Waals surface area (Å²) in [5.41, 5.74) is 0.522. The smallest absolute Gasteiger partial charge is 0.232 e. The lowest BCUT2D eigenvalue weighted by atomic mass is 9.84. The van der Waals surface area contributed by atoms with Gasteiger partial charge in [0, 0.05) is 27.3 Å². The first-order chi connectivity index (χ1) is 23.2. The molecule has 1 aromatic carbocycles. The minimum atomic E-state index is -0.426. The summed E-state index contributed by atoms with van der Waals surface area (Å²) >= 11 is 0. The molecule has 52 heavy (non-hydrogen) atoms. The van der Waals surface area contributed by atoms with Crippen LogP contribution in [0.5, 0.6) is 5.75 Å². The number of ether oxygens (including phenoxy) is 1. The van der Waals surface area contributed by atoms with Crippen molar-refractivity contribution in [3.05, 3.63) is 35.9 Å². The maximum absolute atomic E-state index is 12.3. The third-order valence-corrected chi connectivity index (χ3v) is 9.15. The van der Waals surface area contributed by atoms with Crippen molar-refractivity contribution in [1.29, 1.82) is 0 Å². The van der Waals surface area contributed by atoms with E-state index in [0.29, 0.717) is 19.1 Å². The van der Waals surface area contributed by atoms with Gasteiger partial charge in [0.1, 0.15) is 18.1 Å². The molecule has 0 saturated carbocycles. The van der Waals surface area contributed by atoms with E-state index >= 15 is 0 Å². The molecular weight excluding hydrogens is 651 g/mol. The van der Waals surface area contributed by atoms with Crippen molar-refractivity contribution < 1.29 is 23.9 Å². The summed E-state index contributed by atoms with van der Waals surface area (Å²) in [6, 6.07) is 7.94. The van der Waals surface area contributed by atoms with E-state index in [1.807, 2.05) is 86.6 Å². The lowest BCUT2D eigenvalue weighted by molar-refractivity contribution is -0.157. The zero-order chi connectivity index (χ0) is 40.7. The van der Waals surface area contributed by atoms with Gasteiger partial charge in [-0.05, 0) is 84.0 Å². The van der Waals surface area contributed by atoms with E-state index in [2.05, 4.69) is 84.3 Å². The van der Waals surface area contributed by atoms with E-state index in [-0.39, 0.29) is 63.9 Å². The molecule has 0 aromatic heterocycles. The van der Waals surface area contributed by atoms with E-state index in [0.717, 1.165) is 30.7 Å². The van der Waals surface area contributed by atoms with E-state index in [1.165, 1.54) is 0 Å². The predicted octanol–water partition coefficient (Wildman–Crippen LogP) is 9.45. The first-order valence-corrected chi connectivity index (χ1v) is 19.1. The van der Waals surface area contributed by atoms with Crippen LogP contribution in [0, 0.1) is 21.7 Å². The van der Waals surface area contributed by atoms with Gasteiger partial charge >= 0.3 is 0 Å². The van der Waals surface area contributed by atoms with Crippen molar-refractivity contribution in [2.75, 3.05) is 26.5 Å². The Kier molecular flexibility index (Phi) is 16.3. The standard InChI is InChI=1S/C18H26O2.C13H24N2O2.C13H25NO/c1-17(2,3)12-11-14-7-9-15(10-8-14)20-13-16(19)18(4,5)6;1-12(2,3)10(16)7-11(17)14-8-15(9-14)13(4,5)6;1-12(2,3)11(15)10-8-7-9-14(10)13(4,5)6/h7-12H,13H2,1-6H3;7-9H2,1-6H3;10H,7-9H2,1-6H3/b12-11+;;. The number of nitrogens with zero attached hydrogens (tertiary/aromatic N) is 3. The number of amides is 1. The van der Waals surface area contributed by atoms with Crippen LogP contribution in [0.1, 0.15) is 149 Å². The number of carbonyl (C=O) groups excluding carboxylic acids is 4. The average Bonchev–Trinajstić information content (AvgIpc) is 3.43. The van der Waals surface area contributed by atoms with Crippen molar-refractivity contribution in [2.24, 2.45) is 21.7 Å². The number of likely N-dealkylation sites (tertiary alicyclic amines) is 1. The van der Waals surface area contributed by atoms with Crippen LogP contribution < -0.4 is 4.74 Å². The fourth-order valence-corrected chi connectivity index (χ4v) is 5.20. The largest absolute Gasteiger partial charge is 0.486 e. The molecule has 8 heteroatoms. The Hall–Kier alpha value is -2.84. The summed E-state index contributed by atoms with van der Waals surface area (Å²) < 4.78 is 5.52. The number of carbonyl (C=O) groups is 4. The molecule has 1 amide bonds. The maximum atomic E-state index is 12.3. The van der Waals surface area contributed by atoms with Crippen LogP contribution in [-0.4, -0.2) is 81.6 Å². The SMILES string of the molecule is CC(C)(C)/C=C/c1ccc(OCC(=O)C(C)(C)C)cc1.CC(C)(C)C(=O)C1CCCN1C(C)(C)C.CC(C)(C)C(=O)CC(=O)N1CN(C(C)(C)C)C1. The zero-order valence-electron chi connectivity index (χ0n) is 36.4. The Morgan fingerprint density at radius 2 is 1.19 bits per heavy atom. The number of benzene rings is 1. The van der Waals surface area contributed by atoms with Gasteiger partial charge in [-0.15, -0.1) is 0 Å². The molecule has 0 spiro atoms. The molecule has 1 atom stereocenters. The third kappa shape index (κ3) is 16.4. The van der Waals surface area contributed by atoms with Crippen LogP contribution in [0.25, 0.3) is 6.08 Å². The Bertz CT molecular complexity index is 1360. The molecule has 8 nitrogen and oxygen atoms in total. The van der Waals surface area contributed by atoms with Gasteiger partial charge in [0.15, 0.2) is 11.6 Å². The lowest BCUT2D eigenvalue weighted by Gasteiger charge is -2.49. The summed E-state index contributed by atoms with van der Waals surface area (Å²) in [5, 5.41) is 0. The molecule has 0 aliphatic carbocycles. The van der Waals surface area contributed by atoms with Gasteiger partial charge < -0.3 is 9.64 Å². The Balaban J connectivity index is 0.000000394. The van der Waals surface area contributed by atoms with E-state index in [9.17, 15) is 19.2 Å². The van der Waals surface area contributed by atoms with E-state index < -0.39 is 5.41 Å². The average molecular weight is 726 g/mol. The van der Waals surface area contributed by atoms with Gasteiger partial charge in [-0.25, -0.2) is 0 Å². The minimum Gasteiger partial charge on any atom is -0.486 e. The molecule has 2 aliphatic heterocycles.